The van der Waals surface area contributed by atoms with Crippen molar-refractivity contribution in [3.05, 3.63) is 90.5 Å². The van der Waals surface area contributed by atoms with E-state index in [4.69, 9.17) is 5.73 Å². The lowest BCUT2D eigenvalue weighted by molar-refractivity contribution is -0.116. The third-order valence-corrected chi connectivity index (χ3v) is 7.63. The van der Waals surface area contributed by atoms with E-state index in [1.54, 1.807) is 17.8 Å². The summed E-state index contributed by atoms with van der Waals surface area (Å²) in [5.41, 5.74) is 9.08. The fraction of sp³-hybridized carbons (Fsp3) is 0.0769. The van der Waals surface area contributed by atoms with Crippen molar-refractivity contribution < 1.29 is 9.59 Å². The predicted octanol–water partition coefficient (Wildman–Crippen LogP) is 6.15. The molecule has 2 amide bonds. The van der Waals surface area contributed by atoms with Crippen molar-refractivity contribution in [2.75, 3.05) is 16.8 Å². The first-order valence-corrected chi connectivity index (χ1v) is 12.2. The summed E-state index contributed by atoms with van der Waals surface area (Å²) in [6, 6.07) is 27.9. The SMILES string of the molecule is NC(=O)c1cc(-c2ccccc2)sc1NC(=O)CCN1c2ccccc2Sc2ccccc21. The van der Waals surface area contributed by atoms with Crippen molar-refractivity contribution in [3.8, 4) is 10.4 Å². The van der Waals surface area contributed by atoms with Gasteiger partial charge in [-0.05, 0) is 35.9 Å². The second-order valence-corrected chi connectivity index (χ2v) is 9.71. The lowest BCUT2D eigenvalue weighted by Gasteiger charge is -2.32. The molecule has 0 spiro atoms. The second kappa shape index (κ2) is 9.13. The minimum atomic E-state index is -0.556. The van der Waals surface area contributed by atoms with E-state index in [9.17, 15) is 9.59 Å². The summed E-state index contributed by atoms with van der Waals surface area (Å²) in [5.74, 6) is -0.716. The number of nitrogens with two attached hydrogens (primary N) is 1. The molecule has 2 heterocycles. The Kier molecular flexibility index (Phi) is 5.90. The van der Waals surface area contributed by atoms with Gasteiger partial charge in [0.2, 0.25) is 5.91 Å². The first-order chi connectivity index (χ1) is 16.1. The molecular formula is C26H21N3O2S2. The number of nitrogens with zero attached hydrogens (tertiary/aromatic N) is 1. The zero-order valence-corrected chi connectivity index (χ0v) is 19.3. The zero-order chi connectivity index (χ0) is 22.8. The van der Waals surface area contributed by atoms with Gasteiger partial charge in [-0.25, -0.2) is 0 Å². The number of benzene rings is 3. The lowest BCUT2D eigenvalue weighted by Crippen LogP contribution is -2.26. The molecule has 3 aromatic carbocycles. The maximum Gasteiger partial charge on any atom is 0.251 e. The molecule has 0 aliphatic carbocycles. The van der Waals surface area contributed by atoms with Gasteiger partial charge < -0.3 is 16.0 Å². The average molecular weight is 472 g/mol. The average Bonchev–Trinajstić information content (AvgIpc) is 3.26. The Hall–Kier alpha value is -3.55. The Labute approximate surface area is 200 Å². The maximum atomic E-state index is 12.9. The molecular weight excluding hydrogens is 450 g/mol. The van der Waals surface area contributed by atoms with Crippen LogP contribution in [0.4, 0.5) is 16.4 Å². The van der Waals surface area contributed by atoms with Gasteiger partial charge in [-0.3, -0.25) is 9.59 Å². The van der Waals surface area contributed by atoms with E-state index in [0.717, 1.165) is 21.8 Å². The monoisotopic (exact) mass is 471 g/mol. The molecule has 0 saturated carbocycles. The number of fused-ring (bicyclic) bond motifs is 2. The Morgan fingerprint density at radius 2 is 1.45 bits per heavy atom. The van der Waals surface area contributed by atoms with Crippen LogP contribution in [0.5, 0.6) is 0 Å². The Morgan fingerprint density at radius 3 is 2.09 bits per heavy atom. The van der Waals surface area contributed by atoms with E-state index in [2.05, 4.69) is 34.5 Å². The third kappa shape index (κ3) is 4.37. The summed E-state index contributed by atoms with van der Waals surface area (Å²) in [6.07, 6.45) is 0.268. The van der Waals surface area contributed by atoms with Crippen LogP contribution in [0, 0.1) is 0 Å². The lowest BCUT2D eigenvalue weighted by atomic mass is 10.1. The molecule has 0 unspecified atom stereocenters. The van der Waals surface area contributed by atoms with Crippen LogP contribution in [0.2, 0.25) is 0 Å². The molecule has 5 nitrogen and oxygen atoms in total. The number of carbonyl (C=O) groups excluding carboxylic acids is 2. The predicted molar refractivity (Wildman–Crippen MR) is 136 cm³/mol. The molecule has 1 aromatic heterocycles. The van der Waals surface area contributed by atoms with Gasteiger partial charge in [-0.2, -0.15) is 0 Å². The van der Waals surface area contributed by atoms with E-state index in [0.29, 0.717) is 17.1 Å². The van der Waals surface area contributed by atoms with E-state index >= 15 is 0 Å². The van der Waals surface area contributed by atoms with Gasteiger partial charge in [0.1, 0.15) is 5.00 Å². The zero-order valence-electron chi connectivity index (χ0n) is 17.7. The number of anilines is 3. The molecule has 4 aromatic rings. The van der Waals surface area contributed by atoms with Crippen molar-refractivity contribution in [3.63, 3.8) is 0 Å². The third-order valence-electron chi connectivity index (χ3n) is 5.40. The molecule has 164 valence electrons. The quantitative estimate of drug-likeness (QED) is 0.354. The normalized spacial score (nSPS) is 12.1. The van der Waals surface area contributed by atoms with E-state index in [-0.39, 0.29) is 12.3 Å². The number of para-hydroxylation sites is 2. The molecule has 0 saturated heterocycles. The van der Waals surface area contributed by atoms with Crippen LogP contribution >= 0.6 is 23.1 Å². The molecule has 1 aliphatic heterocycles. The van der Waals surface area contributed by atoms with Crippen LogP contribution in [0.15, 0.2) is 94.7 Å². The molecule has 0 radical (unpaired) electrons. The highest BCUT2D eigenvalue weighted by Crippen LogP contribution is 2.47. The summed E-state index contributed by atoms with van der Waals surface area (Å²) in [7, 11) is 0. The van der Waals surface area contributed by atoms with E-state index < -0.39 is 5.91 Å². The summed E-state index contributed by atoms with van der Waals surface area (Å²) < 4.78 is 0. The fourth-order valence-corrected chi connectivity index (χ4v) is 6.02. The first kappa shape index (κ1) is 21.3. The molecule has 0 fully saturated rings. The van der Waals surface area contributed by atoms with Crippen LogP contribution in [-0.4, -0.2) is 18.4 Å². The van der Waals surface area contributed by atoms with Gasteiger partial charge in [0, 0.05) is 27.6 Å². The number of nitrogens with one attached hydrogen (secondary N) is 1. The van der Waals surface area contributed by atoms with Crippen LogP contribution in [0.25, 0.3) is 10.4 Å². The number of hydrogen-bond acceptors (Lipinski definition) is 5. The summed E-state index contributed by atoms with van der Waals surface area (Å²) in [5, 5.41) is 3.40. The van der Waals surface area contributed by atoms with Crippen molar-refractivity contribution in [1.29, 1.82) is 0 Å². The number of amides is 2. The van der Waals surface area contributed by atoms with Gasteiger partial charge in [0.25, 0.3) is 5.91 Å². The topological polar surface area (TPSA) is 75.4 Å². The van der Waals surface area contributed by atoms with Gasteiger partial charge >= 0.3 is 0 Å². The van der Waals surface area contributed by atoms with Crippen LogP contribution < -0.4 is 16.0 Å². The van der Waals surface area contributed by atoms with Crippen molar-refractivity contribution in [1.82, 2.24) is 0 Å². The van der Waals surface area contributed by atoms with E-state index in [1.165, 1.54) is 21.1 Å². The van der Waals surface area contributed by atoms with E-state index in [1.807, 2.05) is 54.6 Å². The Morgan fingerprint density at radius 1 is 0.848 bits per heavy atom. The minimum absolute atomic E-state index is 0.160. The molecule has 7 heteroatoms. The van der Waals surface area contributed by atoms with Crippen LogP contribution in [0.3, 0.4) is 0 Å². The smallest absolute Gasteiger partial charge is 0.251 e. The van der Waals surface area contributed by atoms with Gasteiger partial charge in [-0.15, -0.1) is 11.3 Å². The Balaban J connectivity index is 1.35. The highest BCUT2D eigenvalue weighted by Gasteiger charge is 2.24. The van der Waals surface area contributed by atoms with Gasteiger partial charge in [-0.1, -0.05) is 66.4 Å². The van der Waals surface area contributed by atoms with Gasteiger partial charge in [0.05, 0.1) is 16.9 Å². The Bertz CT molecular complexity index is 1290. The molecule has 5 rings (SSSR count). The largest absolute Gasteiger partial charge is 0.366 e. The highest BCUT2D eigenvalue weighted by atomic mass is 32.2. The maximum absolute atomic E-state index is 12.9. The van der Waals surface area contributed by atoms with Crippen molar-refractivity contribution in [2.45, 2.75) is 16.2 Å². The number of hydrogen-bond donors (Lipinski definition) is 2. The standard InChI is InChI=1S/C26H21N3O2S2/c27-25(31)18-16-23(17-8-2-1-3-9-17)33-26(18)28-24(30)14-15-29-19-10-4-6-12-21(19)32-22-13-7-5-11-20(22)29/h1-13,16H,14-15H2,(H2,27,31)(H,28,30). The molecule has 1 aliphatic rings. The molecule has 0 atom stereocenters. The number of rotatable bonds is 6. The number of primary amides is 1. The van der Waals surface area contributed by atoms with Gasteiger partial charge in [0.15, 0.2) is 0 Å². The van der Waals surface area contributed by atoms with Crippen molar-refractivity contribution >= 4 is 51.3 Å². The summed E-state index contributed by atoms with van der Waals surface area (Å²) >= 11 is 3.10. The number of thiophene rings is 1. The van der Waals surface area contributed by atoms with Crippen LogP contribution in [-0.2, 0) is 4.79 Å². The summed E-state index contributed by atoms with van der Waals surface area (Å²) in [6.45, 7) is 0.517. The molecule has 3 N–H and O–H groups in total. The molecule has 33 heavy (non-hydrogen) atoms. The second-order valence-electron chi connectivity index (χ2n) is 7.57. The number of carbonyl (C=O) groups is 2. The summed E-state index contributed by atoms with van der Waals surface area (Å²) in [4.78, 5) is 30.3. The molecule has 0 bridgehead atoms. The van der Waals surface area contributed by atoms with Crippen LogP contribution in [0.1, 0.15) is 16.8 Å². The fourth-order valence-electron chi connectivity index (χ4n) is 3.84. The first-order valence-electron chi connectivity index (χ1n) is 10.5. The minimum Gasteiger partial charge on any atom is -0.366 e. The highest BCUT2D eigenvalue weighted by molar-refractivity contribution is 7.99. The van der Waals surface area contributed by atoms with Crippen molar-refractivity contribution in [2.24, 2.45) is 5.73 Å².